The molecular weight excluding hydrogens is 735 g/mol. The number of carbonyl (C=O) groups is 4. The van der Waals surface area contributed by atoms with Crippen molar-refractivity contribution in [1.29, 1.82) is 0 Å². The highest BCUT2D eigenvalue weighted by Gasteiger charge is 2.44. The molecule has 3 fully saturated rings. The van der Waals surface area contributed by atoms with Crippen LogP contribution in [0.25, 0.3) is 0 Å². The van der Waals surface area contributed by atoms with Gasteiger partial charge in [0.2, 0.25) is 0 Å². The molecule has 0 aromatic heterocycles. The molecule has 0 bridgehead atoms. The van der Waals surface area contributed by atoms with Gasteiger partial charge < -0.3 is 35.0 Å². The molecule has 12 heteroatoms. The average Bonchev–Trinajstić information content (AvgIpc) is 3.67. The van der Waals surface area contributed by atoms with Gasteiger partial charge in [-0.3, -0.25) is 24.1 Å². The van der Waals surface area contributed by atoms with Crippen LogP contribution in [0, 0.1) is 0 Å². The van der Waals surface area contributed by atoms with Crippen molar-refractivity contribution < 1.29 is 34.1 Å². The minimum Gasteiger partial charge on any atom is -0.508 e. The van der Waals surface area contributed by atoms with Crippen LogP contribution >= 0.6 is 0 Å². The summed E-state index contributed by atoms with van der Waals surface area (Å²) in [4.78, 5) is 62.3. The summed E-state index contributed by atoms with van der Waals surface area (Å²) in [6, 6.07) is 30.8. The summed E-state index contributed by atoms with van der Waals surface area (Å²) >= 11 is 0. The maximum Gasteiger partial charge on any atom is 0.312 e. The molecule has 304 valence electrons. The Morgan fingerprint density at radius 3 is 2.03 bits per heavy atom. The van der Waals surface area contributed by atoms with Gasteiger partial charge in [-0.05, 0) is 111 Å². The van der Waals surface area contributed by atoms with E-state index in [1.165, 1.54) is 0 Å². The molecule has 3 aliphatic heterocycles. The fraction of sp³-hybridized carbons (Fsp3) is 0.391. The van der Waals surface area contributed by atoms with Gasteiger partial charge in [-0.2, -0.15) is 0 Å². The second kappa shape index (κ2) is 18.6. The third-order valence-electron chi connectivity index (χ3n) is 11.7. The van der Waals surface area contributed by atoms with Crippen molar-refractivity contribution in [3.63, 3.8) is 0 Å². The van der Waals surface area contributed by atoms with Crippen molar-refractivity contribution in [3.8, 4) is 17.2 Å². The third-order valence-corrected chi connectivity index (χ3v) is 11.7. The van der Waals surface area contributed by atoms with Crippen molar-refractivity contribution in [2.24, 2.45) is 0 Å². The number of likely N-dealkylation sites (tertiary alicyclic amines) is 1. The van der Waals surface area contributed by atoms with Crippen LogP contribution in [0.2, 0.25) is 0 Å². The molecule has 0 unspecified atom stereocenters. The molecule has 12 nitrogen and oxygen atoms in total. The summed E-state index contributed by atoms with van der Waals surface area (Å²) in [5, 5.41) is 22.6. The Kier molecular flexibility index (Phi) is 12.9. The number of nitrogens with zero attached hydrogens (tertiary/aromatic N) is 4. The molecule has 4 aromatic carbocycles. The quantitative estimate of drug-likeness (QED) is 0.145. The second-order valence-electron chi connectivity index (χ2n) is 15.6. The number of carbonyl (C=O) groups excluding carboxylic acids is 4. The van der Waals surface area contributed by atoms with E-state index in [0.717, 1.165) is 47.4 Å². The minimum absolute atomic E-state index is 0.0687. The molecule has 4 atom stereocenters. The van der Waals surface area contributed by atoms with E-state index in [2.05, 4.69) is 22.3 Å². The van der Waals surface area contributed by atoms with E-state index >= 15 is 0 Å². The summed E-state index contributed by atoms with van der Waals surface area (Å²) in [5.74, 6) is -1.14. The highest BCUT2D eigenvalue weighted by Crippen LogP contribution is 2.27. The molecule has 3 N–H and O–H groups in total. The van der Waals surface area contributed by atoms with Crippen molar-refractivity contribution in [2.45, 2.75) is 69.6 Å². The summed E-state index contributed by atoms with van der Waals surface area (Å²) in [6.45, 7) is 5.14. The van der Waals surface area contributed by atoms with E-state index in [1.807, 2.05) is 73.7 Å². The molecule has 3 heterocycles. The Morgan fingerprint density at radius 1 is 0.707 bits per heavy atom. The molecule has 7 rings (SSSR count). The molecule has 0 saturated carbocycles. The van der Waals surface area contributed by atoms with Crippen molar-refractivity contribution in [2.75, 3.05) is 45.9 Å². The van der Waals surface area contributed by atoms with Crippen LogP contribution < -0.4 is 10.1 Å². The molecule has 0 aliphatic carbocycles. The first-order valence-corrected chi connectivity index (χ1v) is 20.4. The molecule has 3 saturated heterocycles. The Labute approximate surface area is 340 Å². The van der Waals surface area contributed by atoms with E-state index in [1.54, 1.807) is 39.0 Å². The van der Waals surface area contributed by atoms with Gasteiger partial charge in [0, 0.05) is 44.8 Å². The van der Waals surface area contributed by atoms with Crippen LogP contribution in [0.15, 0.2) is 103 Å². The normalized spacial score (nSPS) is 20.7. The summed E-state index contributed by atoms with van der Waals surface area (Å²) in [6.07, 6.45) is 3.85. The number of aromatic hydroxyl groups is 2. The van der Waals surface area contributed by atoms with Crippen LogP contribution in [0.3, 0.4) is 0 Å². The fourth-order valence-electron chi connectivity index (χ4n) is 8.68. The molecule has 4 aromatic rings. The van der Waals surface area contributed by atoms with E-state index in [4.69, 9.17) is 4.74 Å². The number of hydrogen-bond acceptors (Lipinski definition) is 8. The lowest BCUT2D eigenvalue weighted by molar-refractivity contribution is -0.161. The van der Waals surface area contributed by atoms with Crippen LogP contribution in [0.5, 0.6) is 17.2 Å². The Morgan fingerprint density at radius 2 is 1.34 bits per heavy atom. The summed E-state index contributed by atoms with van der Waals surface area (Å²) < 4.78 is 5.61. The van der Waals surface area contributed by atoms with E-state index in [-0.39, 0.29) is 35.7 Å². The lowest BCUT2D eigenvalue weighted by Crippen LogP contribution is -2.65. The van der Waals surface area contributed by atoms with Gasteiger partial charge in [0.1, 0.15) is 17.2 Å². The molecule has 0 spiro atoms. The number of ether oxygens (including phenoxy) is 1. The standard InChI is InChI=1S/C46H53N5O7/c1-2-58-42-20-14-32(15-21-42)22-24-49-39(26-33-7-4-3-5-8-33)31-51(46(57)45(49)56)38(27-35-12-18-41(53)19-13-35)29-48-23-6-9-36(48)30-50-37(28-47-43(54)44(50)55)25-34-10-16-40(52)17-11-34/h3-5,7-8,10-21,36-39,52-53H,2,6,9,22-31H2,1H3,(H,47,54)/t36-,37-,38-,39-/m0/s1. The van der Waals surface area contributed by atoms with Gasteiger partial charge in [-0.25, -0.2) is 0 Å². The van der Waals surface area contributed by atoms with E-state index in [9.17, 15) is 29.4 Å². The van der Waals surface area contributed by atoms with Gasteiger partial charge in [0.15, 0.2) is 0 Å². The summed E-state index contributed by atoms with van der Waals surface area (Å²) in [5.41, 5.74) is 3.99. The van der Waals surface area contributed by atoms with Crippen molar-refractivity contribution in [3.05, 3.63) is 125 Å². The number of rotatable bonds is 16. The predicted molar refractivity (Wildman–Crippen MR) is 219 cm³/mol. The van der Waals surface area contributed by atoms with Gasteiger partial charge in [0.25, 0.3) is 0 Å². The fourth-order valence-corrected chi connectivity index (χ4v) is 8.68. The highest BCUT2D eigenvalue weighted by molar-refractivity contribution is 6.36. The smallest absolute Gasteiger partial charge is 0.312 e. The van der Waals surface area contributed by atoms with E-state index < -0.39 is 23.6 Å². The third kappa shape index (κ3) is 9.79. The number of nitrogens with one attached hydrogen (secondary N) is 1. The molecule has 4 amide bonds. The van der Waals surface area contributed by atoms with Crippen LogP contribution in [-0.2, 0) is 44.9 Å². The van der Waals surface area contributed by atoms with Gasteiger partial charge >= 0.3 is 23.6 Å². The zero-order valence-electron chi connectivity index (χ0n) is 33.0. The number of hydrogen-bond donors (Lipinski definition) is 3. The van der Waals surface area contributed by atoms with Gasteiger partial charge in [0.05, 0.1) is 18.7 Å². The number of piperazine rings is 2. The number of amides is 4. The van der Waals surface area contributed by atoms with E-state index in [0.29, 0.717) is 65.0 Å². The molecule has 58 heavy (non-hydrogen) atoms. The van der Waals surface area contributed by atoms with Crippen LogP contribution in [0.1, 0.15) is 42.0 Å². The number of phenols is 2. The first-order valence-electron chi connectivity index (χ1n) is 20.4. The molecule has 0 radical (unpaired) electrons. The molecule has 3 aliphatic rings. The first kappa shape index (κ1) is 40.3. The van der Waals surface area contributed by atoms with Gasteiger partial charge in [-0.15, -0.1) is 0 Å². The van der Waals surface area contributed by atoms with Crippen LogP contribution in [-0.4, -0.2) is 123 Å². The minimum atomic E-state index is -0.620. The van der Waals surface area contributed by atoms with Crippen molar-refractivity contribution in [1.82, 2.24) is 24.9 Å². The first-order chi connectivity index (χ1) is 28.1. The largest absolute Gasteiger partial charge is 0.508 e. The van der Waals surface area contributed by atoms with Crippen LogP contribution in [0.4, 0.5) is 0 Å². The summed E-state index contributed by atoms with van der Waals surface area (Å²) in [7, 11) is 0. The highest BCUT2D eigenvalue weighted by atomic mass is 16.5. The molecular formula is C46H53N5O7. The predicted octanol–water partition coefficient (Wildman–Crippen LogP) is 3.97. The maximum absolute atomic E-state index is 14.4. The zero-order valence-corrected chi connectivity index (χ0v) is 33.0. The average molecular weight is 788 g/mol. The monoisotopic (exact) mass is 787 g/mol. The lowest BCUT2D eigenvalue weighted by Gasteiger charge is -2.45. The zero-order chi connectivity index (χ0) is 40.6. The van der Waals surface area contributed by atoms with Gasteiger partial charge in [-0.1, -0.05) is 66.7 Å². The Bertz CT molecular complexity index is 2030. The topological polar surface area (TPSA) is 143 Å². The van der Waals surface area contributed by atoms with Crippen molar-refractivity contribution >= 4 is 23.6 Å². The second-order valence-corrected chi connectivity index (χ2v) is 15.6. The Hall–Kier alpha value is -5.88. The Balaban J connectivity index is 1.13. The SMILES string of the molecule is CCOc1ccc(CCN2C(=O)C(=O)N([C@@H](Cc3ccc(O)cc3)CN3CCC[C@H]3CN3C(=O)C(=O)NC[C@@H]3Cc3ccc(O)cc3)C[C@@H]2Cc2ccccc2)cc1. The number of benzene rings is 4. The maximum atomic E-state index is 14.4. The lowest BCUT2D eigenvalue weighted by atomic mass is 9.97. The number of phenolic OH excluding ortho intramolecular Hbond substituents is 2.